The van der Waals surface area contributed by atoms with Crippen LogP contribution in [0.4, 0.5) is 4.79 Å². The fraction of sp³-hybridized carbons (Fsp3) is 0.364. The van der Waals surface area contributed by atoms with Gasteiger partial charge in [0.1, 0.15) is 12.6 Å². The number of H-pyrrole nitrogens is 1. The normalized spacial score (nSPS) is 18.0. The number of aromatic nitrogens is 2. The number of hydrogen-bond donors (Lipinski definition) is 2. The summed E-state index contributed by atoms with van der Waals surface area (Å²) in [5.74, 6) is -1.06. The van der Waals surface area contributed by atoms with E-state index in [4.69, 9.17) is 9.84 Å². The summed E-state index contributed by atoms with van der Waals surface area (Å²) in [5.41, 5.74) is 1.55. The first-order valence-corrected chi connectivity index (χ1v) is 5.41. The van der Waals surface area contributed by atoms with Crippen LogP contribution in [0.3, 0.4) is 0 Å². The van der Waals surface area contributed by atoms with Crippen molar-refractivity contribution in [3.63, 3.8) is 0 Å². The van der Waals surface area contributed by atoms with Gasteiger partial charge in [0.2, 0.25) is 0 Å². The van der Waals surface area contributed by atoms with Crippen LogP contribution in [0, 0.1) is 0 Å². The number of amides is 1. The van der Waals surface area contributed by atoms with Gasteiger partial charge in [-0.05, 0) is 5.56 Å². The first-order valence-electron chi connectivity index (χ1n) is 5.41. The number of carbonyl (C=O) groups excluding carboxylic acids is 1. The maximum Gasteiger partial charge on any atom is 0.411 e. The quantitative estimate of drug-likeness (QED) is 0.764. The van der Waals surface area contributed by atoms with Gasteiger partial charge in [-0.3, -0.25) is 10.00 Å². The highest BCUT2D eigenvalue weighted by molar-refractivity contribution is 5.81. The number of aromatic amines is 1. The summed E-state index contributed by atoms with van der Waals surface area (Å²) >= 11 is 0. The number of hydrogen-bond acceptors (Lipinski definition) is 4. The highest BCUT2D eigenvalue weighted by Crippen LogP contribution is 2.22. The van der Waals surface area contributed by atoms with Gasteiger partial charge in [0.25, 0.3) is 0 Å². The minimum atomic E-state index is -1.06. The van der Waals surface area contributed by atoms with Crippen LogP contribution in [0.25, 0.3) is 0 Å². The Bertz CT molecular complexity index is 482. The minimum Gasteiger partial charge on any atom is -0.480 e. The molecule has 18 heavy (non-hydrogen) atoms. The second-order valence-corrected chi connectivity index (χ2v) is 3.93. The van der Waals surface area contributed by atoms with Crippen LogP contribution >= 0.6 is 0 Å². The molecule has 0 bridgehead atoms. The summed E-state index contributed by atoms with van der Waals surface area (Å²) in [6, 6.07) is -0.924. The van der Waals surface area contributed by atoms with Gasteiger partial charge in [-0.15, -0.1) is 0 Å². The number of fused-ring (bicyclic) bond motifs is 1. The second kappa shape index (κ2) is 4.91. The molecule has 0 radical (unpaired) electrons. The Hall–Kier alpha value is -2.31. The molecular weight excluding hydrogens is 238 g/mol. The maximum absolute atomic E-state index is 11.8. The molecule has 2 N–H and O–H groups in total. The number of carboxylic acid groups (broad SMARTS) is 1. The Morgan fingerprint density at radius 3 is 3.17 bits per heavy atom. The third-order valence-electron chi connectivity index (χ3n) is 2.77. The van der Waals surface area contributed by atoms with Crippen molar-refractivity contribution in [2.75, 3.05) is 6.61 Å². The van der Waals surface area contributed by atoms with Crippen LogP contribution in [-0.4, -0.2) is 44.9 Å². The third-order valence-corrected chi connectivity index (χ3v) is 2.77. The Morgan fingerprint density at radius 1 is 1.72 bits per heavy atom. The van der Waals surface area contributed by atoms with Crippen molar-refractivity contribution in [2.45, 2.75) is 19.0 Å². The summed E-state index contributed by atoms with van der Waals surface area (Å²) in [5, 5.41) is 15.7. The first kappa shape index (κ1) is 12.2. The minimum absolute atomic E-state index is 0.0531. The Morgan fingerprint density at radius 2 is 2.50 bits per heavy atom. The van der Waals surface area contributed by atoms with Crippen LogP contribution in [0.5, 0.6) is 0 Å². The molecule has 0 spiro atoms. The van der Waals surface area contributed by atoms with Crippen molar-refractivity contribution in [1.82, 2.24) is 15.1 Å². The van der Waals surface area contributed by atoms with Crippen molar-refractivity contribution in [1.29, 1.82) is 0 Å². The summed E-state index contributed by atoms with van der Waals surface area (Å²) in [4.78, 5) is 24.1. The molecule has 1 aromatic rings. The van der Waals surface area contributed by atoms with E-state index >= 15 is 0 Å². The van der Waals surface area contributed by atoms with E-state index in [0.717, 1.165) is 11.3 Å². The lowest BCUT2D eigenvalue weighted by Gasteiger charge is -2.31. The van der Waals surface area contributed by atoms with E-state index in [1.54, 1.807) is 6.20 Å². The molecule has 7 heteroatoms. The van der Waals surface area contributed by atoms with Gasteiger partial charge in [-0.2, -0.15) is 5.10 Å². The second-order valence-electron chi connectivity index (χ2n) is 3.93. The smallest absolute Gasteiger partial charge is 0.411 e. The van der Waals surface area contributed by atoms with Crippen LogP contribution in [0.2, 0.25) is 0 Å². The zero-order valence-electron chi connectivity index (χ0n) is 9.63. The predicted octanol–water partition coefficient (Wildman–Crippen LogP) is 0.544. The molecule has 0 fully saturated rings. The molecule has 2 heterocycles. The monoisotopic (exact) mass is 251 g/mol. The average molecular weight is 251 g/mol. The lowest BCUT2D eigenvalue weighted by atomic mass is 10.0. The molecule has 0 saturated carbocycles. The van der Waals surface area contributed by atoms with Gasteiger partial charge in [-0.1, -0.05) is 12.7 Å². The van der Waals surface area contributed by atoms with E-state index in [-0.39, 0.29) is 19.6 Å². The lowest BCUT2D eigenvalue weighted by molar-refractivity contribution is -0.143. The lowest BCUT2D eigenvalue weighted by Crippen LogP contribution is -2.48. The highest BCUT2D eigenvalue weighted by atomic mass is 16.6. The maximum atomic E-state index is 11.8. The zero-order chi connectivity index (χ0) is 13.1. The Balaban J connectivity index is 2.19. The highest BCUT2D eigenvalue weighted by Gasteiger charge is 2.36. The Labute approximate surface area is 103 Å². The van der Waals surface area contributed by atoms with Crippen molar-refractivity contribution >= 4 is 12.1 Å². The van der Waals surface area contributed by atoms with Gasteiger partial charge in [0.05, 0.1) is 18.4 Å². The van der Waals surface area contributed by atoms with Gasteiger partial charge in [-0.25, -0.2) is 9.59 Å². The molecule has 0 saturated heterocycles. The molecule has 1 amide bonds. The molecular formula is C11H13N3O4. The predicted molar refractivity (Wildman–Crippen MR) is 60.8 cm³/mol. The van der Waals surface area contributed by atoms with E-state index in [1.165, 1.54) is 11.0 Å². The van der Waals surface area contributed by atoms with E-state index in [9.17, 15) is 9.59 Å². The van der Waals surface area contributed by atoms with Crippen molar-refractivity contribution in [2.24, 2.45) is 0 Å². The van der Waals surface area contributed by atoms with Crippen LogP contribution in [0.1, 0.15) is 11.3 Å². The number of rotatable bonds is 3. The van der Waals surface area contributed by atoms with Crippen LogP contribution in [-0.2, 0) is 22.5 Å². The molecule has 0 aliphatic carbocycles. The molecule has 1 unspecified atom stereocenters. The molecule has 96 valence electrons. The van der Waals surface area contributed by atoms with Crippen LogP contribution < -0.4 is 0 Å². The van der Waals surface area contributed by atoms with Crippen molar-refractivity contribution in [3.05, 3.63) is 30.1 Å². The number of carbonyl (C=O) groups is 2. The van der Waals surface area contributed by atoms with Crippen molar-refractivity contribution < 1.29 is 19.4 Å². The van der Waals surface area contributed by atoms with Gasteiger partial charge >= 0.3 is 12.1 Å². The summed E-state index contributed by atoms with van der Waals surface area (Å²) < 4.78 is 4.87. The van der Waals surface area contributed by atoms with E-state index in [2.05, 4.69) is 16.8 Å². The number of carboxylic acids is 1. The van der Waals surface area contributed by atoms with Gasteiger partial charge < -0.3 is 9.84 Å². The summed E-state index contributed by atoms with van der Waals surface area (Å²) in [6.45, 7) is 3.64. The number of nitrogens with one attached hydrogen (secondary N) is 1. The summed E-state index contributed by atoms with van der Waals surface area (Å²) in [6.07, 6.45) is 2.57. The molecule has 7 nitrogen and oxygen atoms in total. The Kier molecular flexibility index (Phi) is 3.31. The molecule has 1 aliphatic heterocycles. The molecule has 1 atom stereocenters. The number of ether oxygens (including phenoxy) is 1. The average Bonchev–Trinajstić information content (AvgIpc) is 2.81. The van der Waals surface area contributed by atoms with Crippen LogP contribution in [0.15, 0.2) is 18.9 Å². The van der Waals surface area contributed by atoms with E-state index in [1.807, 2.05) is 0 Å². The number of aliphatic carboxylic acids is 1. The molecule has 0 aromatic carbocycles. The SMILES string of the molecule is C=CCOC(=O)N1Cc2[nH]ncc2CC1C(=O)O. The largest absolute Gasteiger partial charge is 0.480 e. The third kappa shape index (κ3) is 2.20. The van der Waals surface area contributed by atoms with E-state index in [0.29, 0.717) is 0 Å². The van der Waals surface area contributed by atoms with Gasteiger partial charge in [0, 0.05) is 6.42 Å². The van der Waals surface area contributed by atoms with Crippen molar-refractivity contribution in [3.8, 4) is 0 Å². The zero-order valence-corrected chi connectivity index (χ0v) is 9.63. The number of nitrogens with zero attached hydrogens (tertiary/aromatic N) is 2. The molecule has 1 aliphatic rings. The standard InChI is InChI=1S/C11H13N3O4/c1-2-3-18-11(17)14-6-8-7(5-12-13-8)4-9(14)10(15)16/h2,5,9H,1,3-4,6H2,(H,12,13)(H,15,16). The van der Waals surface area contributed by atoms with Gasteiger partial charge in [0.15, 0.2) is 0 Å². The van der Waals surface area contributed by atoms with E-state index < -0.39 is 18.1 Å². The fourth-order valence-electron chi connectivity index (χ4n) is 1.88. The molecule has 1 aromatic heterocycles. The fourth-order valence-corrected chi connectivity index (χ4v) is 1.88. The summed E-state index contributed by atoms with van der Waals surface area (Å²) in [7, 11) is 0. The topological polar surface area (TPSA) is 95.5 Å². The molecule has 2 rings (SSSR count). The first-order chi connectivity index (χ1) is 8.63.